The van der Waals surface area contributed by atoms with Gasteiger partial charge in [0.15, 0.2) is 0 Å². The van der Waals surface area contributed by atoms with Crippen LogP contribution in [0, 0.1) is 11.3 Å². The Hall–Kier alpha value is -6.04. The maximum absolute atomic E-state index is 13.6. The van der Waals surface area contributed by atoms with Crippen molar-refractivity contribution >= 4 is 46.6 Å². The van der Waals surface area contributed by atoms with Gasteiger partial charge >= 0.3 is 6.18 Å². The molecule has 4 fully saturated rings. The molecular weight excluding hydrogens is 794 g/mol. The Morgan fingerprint density at radius 2 is 1.61 bits per heavy atom. The summed E-state index contributed by atoms with van der Waals surface area (Å²) < 4.78 is 43.5. The van der Waals surface area contributed by atoms with Gasteiger partial charge in [-0.3, -0.25) is 38.9 Å². The largest absolute Gasteiger partial charge is 0.416 e. The van der Waals surface area contributed by atoms with E-state index in [9.17, 15) is 37.1 Å². The number of likely N-dealkylation sites (tertiary alicyclic amines) is 1. The second-order valence-electron chi connectivity index (χ2n) is 17.6. The van der Waals surface area contributed by atoms with Gasteiger partial charge in [-0.15, -0.1) is 0 Å². The van der Waals surface area contributed by atoms with Crippen LogP contribution in [0.2, 0.25) is 0 Å². The topological polar surface area (TPSA) is 158 Å². The van der Waals surface area contributed by atoms with Crippen molar-refractivity contribution in [3.63, 3.8) is 0 Å². The number of imide groups is 2. The van der Waals surface area contributed by atoms with Crippen LogP contribution in [0.1, 0.15) is 78.7 Å². The molecule has 2 aromatic heterocycles. The number of amides is 5. The fourth-order valence-electron chi connectivity index (χ4n) is 9.56. The number of rotatable bonds is 9. The van der Waals surface area contributed by atoms with E-state index in [1.54, 1.807) is 42.9 Å². The smallest absolute Gasteiger partial charge is 0.371 e. The second-order valence-corrected chi connectivity index (χ2v) is 17.6. The maximum atomic E-state index is 13.6. The summed E-state index contributed by atoms with van der Waals surface area (Å²) in [5.74, 6) is -1.89. The van der Waals surface area contributed by atoms with Crippen molar-refractivity contribution in [3.05, 3.63) is 83.9 Å². The van der Waals surface area contributed by atoms with E-state index in [-0.39, 0.29) is 35.2 Å². The number of benzene rings is 2. The van der Waals surface area contributed by atoms with E-state index in [1.165, 1.54) is 23.1 Å². The first-order chi connectivity index (χ1) is 29.1. The average molecular weight is 841 g/mol. The molecule has 2 aromatic carbocycles. The monoisotopic (exact) mass is 840 g/mol. The molecule has 7 heterocycles. The van der Waals surface area contributed by atoms with Crippen molar-refractivity contribution in [2.45, 2.75) is 70.1 Å². The van der Waals surface area contributed by atoms with Crippen molar-refractivity contribution in [1.82, 2.24) is 34.7 Å². The number of nitrogens with one attached hydrogen (secondary N) is 2. The van der Waals surface area contributed by atoms with Crippen LogP contribution in [0.3, 0.4) is 0 Å². The predicted molar refractivity (Wildman–Crippen MR) is 217 cm³/mol. The minimum Gasteiger partial charge on any atom is -0.371 e. The first-order valence-corrected chi connectivity index (χ1v) is 20.7. The SMILES string of the molecule is CC(C)(C(=O)Nc1ccc(C(F)(F)F)cc1-n1cccn1)n1cc(N2CCC(CN3CC4(CCN(c5ccc6c(c5)C(=O)N(C5CCC(=O)NC5=O)C6=O)CC4)C3)CC2)cn1. The lowest BCUT2D eigenvalue weighted by Crippen LogP contribution is -2.61. The molecule has 9 rings (SSSR count). The highest BCUT2D eigenvalue weighted by Gasteiger charge is 2.47. The van der Waals surface area contributed by atoms with Crippen LogP contribution in [0.25, 0.3) is 5.69 Å². The molecule has 1 unspecified atom stereocenters. The van der Waals surface area contributed by atoms with Gasteiger partial charge in [-0.1, -0.05) is 0 Å². The van der Waals surface area contributed by atoms with Gasteiger partial charge < -0.3 is 20.0 Å². The van der Waals surface area contributed by atoms with Gasteiger partial charge in [0.1, 0.15) is 11.6 Å². The van der Waals surface area contributed by atoms with Gasteiger partial charge in [0.05, 0.1) is 39.9 Å². The summed E-state index contributed by atoms with van der Waals surface area (Å²) in [5, 5.41) is 13.7. The molecule has 18 heteroatoms. The molecular formula is C43H47F3N10O5. The van der Waals surface area contributed by atoms with Crippen LogP contribution in [0.15, 0.2) is 67.3 Å². The third kappa shape index (κ3) is 7.54. The molecule has 4 saturated heterocycles. The quantitative estimate of drug-likeness (QED) is 0.227. The number of alkyl halides is 3. The van der Waals surface area contributed by atoms with E-state index in [0.29, 0.717) is 11.5 Å². The molecule has 1 spiro atoms. The number of carbonyl (C=O) groups excluding carboxylic acids is 5. The molecule has 2 N–H and O–H groups in total. The van der Waals surface area contributed by atoms with E-state index in [0.717, 1.165) is 99.9 Å². The number of carbonyl (C=O) groups is 5. The average Bonchev–Trinajstić information content (AvgIpc) is 4.00. The standard InChI is InChI=1S/C43H47F3N10O5/c1-41(2,40(61)49-33-7-4-28(43(44,45)46)20-35(33)54-15-3-14-47-54)55-24-30(22-48-55)52-16-10-27(11-17-52)23-51-25-42(26-51)12-18-53(19-13-42)29-5-6-31-32(21-29)39(60)56(38(31)59)34-8-9-36(57)50-37(34)58/h3-7,14-15,20-22,24,27,34H,8-13,16-19,23,25-26H2,1-2H3,(H,49,61)(H,50,57,58). The summed E-state index contributed by atoms with van der Waals surface area (Å²) in [7, 11) is 0. The molecule has 0 saturated carbocycles. The van der Waals surface area contributed by atoms with Crippen LogP contribution in [0.5, 0.6) is 0 Å². The van der Waals surface area contributed by atoms with Gasteiger partial charge in [-0.05, 0) is 99.7 Å². The van der Waals surface area contributed by atoms with Crippen molar-refractivity contribution in [2.75, 3.05) is 60.9 Å². The van der Waals surface area contributed by atoms with Gasteiger partial charge in [0.25, 0.3) is 17.7 Å². The molecule has 15 nitrogen and oxygen atoms in total. The van der Waals surface area contributed by atoms with E-state index >= 15 is 0 Å². The second kappa shape index (κ2) is 15.1. The Kier molecular flexibility index (Phi) is 10.0. The lowest BCUT2D eigenvalue weighted by atomic mass is 9.71. The van der Waals surface area contributed by atoms with Gasteiger partial charge in [0, 0.05) is 76.5 Å². The van der Waals surface area contributed by atoms with E-state index in [2.05, 4.69) is 35.5 Å². The molecule has 5 aliphatic heterocycles. The third-order valence-corrected chi connectivity index (χ3v) is 13.2. The van der Waals surface area contributed by atoms with Crippen LogP contribution in [-0.4, -0.2) is 111 Å². The normalized spacial score (nSPS) is 21.2. The van der Waals surface area contributed by atoms with Gasteiger partial charge in [-0.2, -0.15) is 23.4 Å². The highest BCUT2D eigenvalue weighted by atomic mass is 19.4. The molecule has 0 radical (unpaired) electrons. The number of hydrogen-bond acceptors (Lipinski definition) is 10. The number of piperidine rings is 3. The number of anilines is 3. The van der Waals surface area contributed by atoms with Crippen molar-refractivity contribution in [3.8, 4) is 5.69 Å². The first-order valence-electron chi connectivity index (χ1n) is 20.7. The lowest BCUT2D eigenvalue weighted by Gasteiger charge is -2.55. The number of hydrogen-bond donors (Lipinski definition) is 2. The van der Waals surface area contributed by atoms with Crippen LogP contribution in [0.4, 0.5) is 30.2 Å². The zero-order chi connectivity index (χ0) is 42.8. The molecule has 5 amide bonds. The molecule has 4 aromatic rings. The summed E-state index contributed by atoms with van der Waals surface area (Å²) in [5.41, 5.74) is 0.935. The summed E-state index contributed by atoms with van der Waals surface area (Å²) in [6.45, 7) is 9.98. The third-order valence-electron chi connectivity index (χ3n) is 13.2. The van der Waals surface area contributed by atoms with Crippen molar-refractivity contribution in [1.29, 1.82) is 0 Å². The Balaban J connectivity index is 0.743. The van der Waals surface area contributed by atoms with Crippen molar-refractivity contribution in [2.24, 2.45) is 11.3 Å². The zero-order valence-electron chi connectivity index (χ0n) is 34.0. The minimum atomic E-state index is -4.56. The van der Waals surface area contributed by atoms with Crippen LogP contribution >= 0.6 is 0 Å². The number of fused-ring (bicyclic) bond motifs is 1. The van der Waals surface area contributed by atoms with Crippen molar-refractivity contribution < 1.29 is 37.1 Å². The Morgan fingerprint density at radius 1 is 0.885 bits per heavy atom. The van der Waals surface area contributed by atoms with E-state index in [4.69, 9.17) is 0 Å². The summed E-state index contributed by atoms with van der Waals surface area (Å²) >= 11 is 0. The molecule has 5 aliphatic rings. The summed E-state index contributed by atoms with van der Waals surface area (Å²) in [6, 6.07) is 9.08. The zero-order valence-corrected chi connectivity index (χ0v) is 34.0. The number of halogens is 3. The maximum Gasteiger partial charge on any atom is 0.416 e. The highest BCUT2D eigenvalue weighted by Crippen LogP contribution is 2.43. The molecule has 0 aliphatic carbocycles. The highest BCUT2D eigenvalue weighted by molar-refractivity contribution is 6.23. The number of aromatic nitrogens is 4. The van der Waals surface area contributed by atoms with Crippen LogP contribution in [-0.2, 0) is 26.1 Å². The Morgan fingerprint density at radius 3 is 2.30 bits per heavy atom. The summed E-state index contributed by atoms with van der Waals surface area (Å²) in [6.07, 6.45) is 6.33. The number of nitrogens with zero attached hydrogens (tertiary/aromatic N) is 8. The molecule has 1 atom stereocenters. The Bertz CT molecular complexity index is 2390. The Labute approximate surface area is 349 Å². The van der Waals surface area contributed by atoms with Crippen LogP contribution < -0.4 is 20.4 Å². The molecule has 61 heavy (non-hydrogen) atoms. The summed E-state index contributed by atoms with van der Waals surface area (Å²) in [4.78, 5) is 72.4. The van der Waals surface area contributed by atoms with Gasteiger partial charge in [-0.25, -0.2) is 4.68 Å². The lowest BCUT2D eigenvalue weighted by molar-refractivity contribution is -0.138. The first kappa shape index (κ1) is 40.4. The van der Waals surface area contributed by atoms with Gasteiger partial charge in [0.2, 0.25) is 11.8 Å². The predicted octanol–water partition coefficient (Wildman–Crippen LogP) is 4.68. The fourth-order valence-corrected chi connectivity index (χ4v) is 9.56. The molecule has 0 bridgehead atoms. The fraction of sp³-hybridized carbons (Fsp3) is 0.465. The van der Waals surface area contributed by atoms with E-state index in [1.807, 2.05) is 12.3 Å². The van der Waals surface area contributed by atoms with E-state index < -0.39 is 52.9 Å². The minimum absolute atomic E-state index is 0.0807. The molecule has 320 valence electrons.